The molecule has 1 N–H and O–H groups in total. The summed E-state index contributed by atoms with van der Waals surface area (Å²) in [6, 6.07) is 3.93. The fourth-order valence-electron chi connectivity index (χ4n) is 1.72. The van der Waals surface area contributed by atoms with Crippen molar-refractivity contribution >= 4 is 11.3 Å². The number of aryl methyl sites for hydroxylation is 3. The van der Waals surface area contributed by atoms with Crippen molar-refractivity contribution < 1.29 is 5.11 Å². The van der Waals surface area contributed by atoms with Gasteiger partial charge in [-0.25, -0.2) is 0 Å². The van der Waals surface area contributed by atoms with E-state index in [-0.39, 0.29) is 0 Å². The summed E-state index contributed by atoms with van der Waals surface area (Å²) in [6.07, 6.45) is 1.18. The molecule has 2 aromatic rings. The molecule has 0 aliphatic heterocycles. The lowest BCUT2D eigenvalue weighted by Gasteiger charge is -2.10. The zero-order chi connectivity index (χ0) is 11.7. The monoisotopic (exact) mass is 236 g/mol. The van der Waals surface area contributed by atoms with Gasteiger partial charge in [-0.05, 0) is 38.5 Å². The summed E-state index contributed by atoms with van der Waals surface area (Å²) in [6.45, 7) is 6.95. The number of rotatable bonds is 3. The van der Waals surface area contributed by atoms with Gasteiger partial charge >= 0.3 is 0 Å². The molecule has 0 fully saturated rings. The van der Waals surface area contributed by atoms with Gasteiger partial charge in [0.2, 0.25) is 0 Å². The predicted octanol–water partition coefficient (Wildman–Crippen LogP) is 2.66. The van der Waals surface area contributed by atoms with E-state index < -0.39 is 6.10 Å². The van der Waals surface area contributed by atoms with Gasteiger partial charge in [0.25, 0.3) is 0 Å². The number of aromatic nitrogens is 2. The van der Waals surface area contributed by atoms with Gasteiger partial charge in [0.1, 0.15) is 6.10 Å². The minimum atomic E-state index is -0.556. The third-order valence-corrected chi connectivity index (χ3v) is 3.99. The maximum atomic E-state index is 10.3. The van der Waals surface area contributed by atoms with Gasteiger partial charge in [0.15, 0.2) is 0 Å². The van der Waals surface area contributed by atoms with Crippen LogP contribution in [-0.2, 0) is 6.54 Å². The molecule has 16 heavy (non-hydrogen) atoms. The molecule has 1 atom stereocenters. The van der Waals surface area contributed by atoms with Gasteiger partial charge in [-0.2, -0.15) is 5.10 Å². The van der Waals surface area contributed by atoms with Crippen molar-refractivity contribution in [3.8, 4) is 0 Å². The molecule has 86 valence electrons. The van der Waals surface area contributed by atoms with Gasteiger partial charge in [-0.15, -0.1) is 11.3 Å². The largest absolute Gasteiger partial charge is 0.381 e. The summed E-state index contributed by atoms with van der Waals surface area (Å²) >= 11 is 1.65. The Labute approximate surface area is 99.4 Å². The van der Waals surface area contributed by atoms with Crippen molar-refractivity contribution in [3.63, 3.8) is 0 Å². The summed E-state index contributed by atoms with van der Waals surface area (Å²) in [7, 11) is 0. The van der Waals surface area contributed by atoms with Crippen LogP contribution < -0.4 is 0 Å². The highest BCUT2D eigenvalue weighted by Crippen LogP contribution is 2.30. The Morgan fingerprint density at radius 3 is 2.81 bits per heavy atom. The lowest BCUT2D eigenvalue weighted by molar-refractivity contribution is 0.211. The van der Waals surface area contributed by atoms with Crippen LogP contribution in [0.15, 0.2) is 18.3 Å². The predicted molar refractivity (Wildman–Crippen MR) is 65.8 cm³/mol. The Morgan fingerprint density at radius 1 is 1.50 bits per heavy atom. The lowest BCUT2D eigenvalue weighted by atomic mass is 10.2. The third kappa shape index (κ3) is 1.90. The average Bonchev–Trinajstić information content (AvgIpc) is 2.85. The minimum Gasteiger partial charge on any atom is -0.381 e. The van der Waals surface area contributed by atoms with Crippen LogP contribution in [0.3, 0.4) is 0 Å². The molecule has 1 unspecified atom stereocenters. The average molecular weight is 236 g/mol. The molecule has 3 nitrogen and oxygen atoms in total. The van der Waals surface area contributed by atoms with Crippen LogP contribution in [0.4, 0.5) is 0 Å². The van der Waals surface area contributed by atoms with E-state index in [1.807, 2.05) is 17.7 Å². The quantitative estimate of drug-likeness (QED) is 0.889. The second-order valence-electron chi connectivity index (χ2n) is 3.86. The molecule has 0 radical (unpaired) electrons. The van der Waals surface area contributed by atoms with E-state index in [1.165, 1.54) is 10.4 Å². The fourth-order valence-corrected chi connectivity index (χ4v) is 2.76. The number of hydrogen-bond acceptors (Lipinski definition) is 3. The van der Waals surface area contributed by atoms with Crippen LogP contribution in [0, 0.1) is 13.8 Å². The summed E-state index contributed by atoms with van der Waals surface area (Å²) in [4.78, 5) is 2.25. The Kier molecular flexibility index (Phi) is 3.12. The molecular formula is C12H16N2OS. The first-order valence-electron chi connectivity index (χ1n) is 5.40. The zero-order valence-corrected chi connectivity index (χ0v) is 10.6. The van der Waals surface area contributed by atoms with Crippen LogP contribution in [0.1, 0.15) is 34.0 Å². The molecular weight excluding hydrogens is 220 g/mol. The standard InChI is InChI=1S/C12H16N2OS/c1-4-14-10(5-6-13-14)12(15)11-7-8(2)9(3)16-11/h5-7,12,15H,4H2,1-3H3. The van der Waals surface area contributed by atoms with Gasteiger partial charge in [0, 0.05) is 22.5 Å². The molecule has 4 heteroatoms. The maximum Gasteiger partial charge on any atom is 0.130 e. The maximum absolute atomic E-state index is 10.3. The number of thiophene rings is 1. The van der Waals surface area contributed by atoms with Gasteiger partial charge in [0.05, 0.1) is 5.69 Å². The van der Waals surface area contributed by atoms with E-state index in [0.29, 0.717) is 0 Å². The van der Waals surface area contributed by atoms with Gasteiger partial charge in [-0.3, -0.25) is 4.68 Å². The number of nitrogens with zero attached hydrogens (tertiary/aromatic N) is 2. The summed E-state index contributed by atoms with van der Waals surface area (Å²) in [5.41, 5.74) is 2.10. The first-order valence-corrected chi connectivity index (χ1v) is 6.21. The molecule has 0 aliphatic carbocycles. The normalized spacial score (nSPS) is 13.0. The van der Waals surface area contributed by atoms with Crippen molar-refractivity contribution in [2.75, 3.05) is 0 Å². The van der Waals surface area contributed by atoms with Crippen LogP contribution in [0.25, 0.3) is 0 Å². The molecule has 0 aromatic carbocycles. The van der Waals surface area contributed by atoms with E-state index in [9.17, 15) is 5.11 Å². The second kappa shape index (κ2) is 4.39. The highest BCUT2D eigenvalue weighted by molar-refractivity contribution is 7.12. The van der Waals surface area contributed by atoms with Gasteiger partial charge in [-0.1, -0.05) is 0 Å². The van der Waals surface area contributed by atoms with Crippen LogP contribution in [0.5, 0.6) is 0 Å². The zero-order valence-electron chi connectivity index (χ0n) is 9.77. The van der Waals surface area contributed by atoms with E-state index >= 15 is 0 Å². The minimum absolute atomic E-state index is 0.556. The number of aliphatic hydroxyl groups is 1. The van der Waals surface area contributed by atoms with E-state index in [1.54, 1.807) is 17.5 Å². The molecule has 2 heterocycles. The molecule has 0 spiro atoms. The highest BCUT2D eigenvalue weighted by Gasteiger charge is 2.17. The number of aliphatic hydroxyl groups excluding tert-OH is 1. The molecule has 0 saturated carbocycles. The summed E-state index contributed by atoms with van der Waals surface area (Å²) in [5.74, 6) is 0. The van der Waals surface area contributed by atoms with Crippen LogP contribution >= 0.6 is 11.3 Å². The highest BCUT2D eigenvalue weighted by atomic mass is 32.1. The second-order valence-corrected chi connectivity index (χ2v) is 5.15. The van der Waals surface area contributed by atoms with Gasteiger partial charge < -0.3 is 5.11 Å². The smallest absolute Gasteiger partial charge is 0.130 e. The first kappa shape index (κ1) is 11.4. The molecule has 0 aliphatic rings. The molecule has 2 aromatic heterocycles. The molecule has 0 amide bonds. The Hall–Kier alpha value is -1.13. The van der Waals surface area contributed by atoms with E-state index in [0.717, 1.165) is 17.1 Å². The Morgan fingerprint density at radius 2 is 2.25 bits per heavy atom. The lowest BCUT2D eigenvalue weighted by Crippen LogP contribution is -2.07. The van der Waals surface area contributed by atoms with E-state index in [4.69, 9.17) is 0 Å². The summed E-state index contributed by atoms with van der Waals surface area (Å²) < 4.78 is 1.83. The topological polar surface area (TPSA) is 38.0 Å². The molecule has 0 saturated heterocycles. The molecule has 2 rings (SSSR count). The van der Waals surface area contributed by atoms with Crippen molar-refractivity contribution in [2.45, 2.75) is 33.4 Å². The van der Waals surface area contributed by atoms with Crippen molar-refractivity contribution in [3.05, 3.63) is 39.3 Å². The van der Waals surface area contributed by atoms with E-state index in [2.05, 4.69) is 25.0 Å². The summed E-state index contributed by atoms with van der Waals surface area (Å²) in [5, 5.41) is 14.5. The SMILES string of the molecule is CCn1nccc1C(O)c1cc(C)c(C)s1. The van der Waals surface area contributed by atoms with Crippen molar-refractivity contribution in [1.29, 1.82) is 0 Å². The van der Waals surface area contributed by atoms with Crippen molar-refractivity contribution in [2.24, 2.45) is 0 Å². The Balaban J connectivity index is 2.35. The van der Waals surface area contributed by atoms with Crippen LogP contribution in [-0.4, -0.2) is 14.9 Å². The third-order valence-electron chi connectivity index (χ3n) is 2.78. The number of hydrogen-bond donors (Lipinski definition) is 1. The Bertz CT molecular complexity index is 467. The first-order chi connectivity index (χ1) is 7.63. The fraction of sp³-hybridized carbons (Fsp3) is 0.417. The van der Waals surface area contributed by atoms with Crippen molar-refractivity contribution in [1.82, 2.24) is 9.78 Å². The van der Waals surface area contributed by atoms with Crippen LogP contribution in [0.2, 0.25) is 0 Å². The molecule has 0 bridgehead atoms.